The fourth-order valence-electron chi connectivity index (χ4n) is 3.51. The first-order chi connectivity index (χ1) is 12.5. The summed E-state index contributed by atoms with van der Waals surface area (Å²) in [6.07, 6.45) is 5.90. The van der Waals surface area contributed by atoms with E-state index in [1.165, 1.54) is 4.90 Å². The molecule has 3 heterocycles. The number of likely N-dealkylation sites (N-methyl/N-ethyl adjacent to an activating group) is 1. The van der Waals surface area contributed by atoms with Gasteiger partial charge in [0.2, 0.25) is 5.91 Å². The van der Waals surface area contributed by atoms with E-state index in [1.807, 2.05) is 39.9 Å². The number of carbonyl (C=O) groups is 2. The molecule has 0 radical (unpaired) electrons. The molecule has 0 atom stereocenters. The summed E-state index contributed by atoms with van der Waals surface area (Å²) in [5.74, 6) is -0.0154. The molecule has 2 aliphatic rings. The smallest absolute Gasteiger partial charge is 0.276 e. The number of hydrogen-bond donors (Lipinski definition) is 1. The molecule has 7 heteroatoms. The topological polar surface area (TPSA) is 57.6 Å². The number of nitrogens with one attached hydrogen (secondary N) is 1. The van der Waals surface area contributed by atoms with Gasteiger partial charge >= 0.3 is 0 Å². The van der Waals surface area contributed by atoms with Crippen molar-refractivity contribution in [3.63, 3.8) is 0 Å². The number of benzene rings is 1. The molecular weight excluding hydrogens is 348 g/mol. The Morgan fingerprint density at radius 2 is 2.00 bits per heavy atom. The lowest BCUT2D eigenvalue weighted by atomic mass is 10.1. The first kappa shape index (κ1) is 16.8. The van der Waals surface area contributed by atoms with Gasteiger partial charge in [0, 0.05) is 42.8 Å². The number of rotatable bonds is 3. The molecule has 0 aliphatic carbocycles. The van der Waals surface area contributed by atoms with E-state index >= 15 is 0 Å². The van der Waals surface area contributed by atoms with Crippen LogP contribution in [0.5, 0.6) is 0 Å². The van der Waals surface area contributed by atoms with E-state index in [1.54, 1.807) is 13.1 Å². The van der Waals surface area contributed by atoms with Crippen LogP contribution in [0, 0.1) is 0 Å². The quantitative estimate of drug-likeness (QED) is 0.665. The summed E-state index contributed by atoms with van der Waals surface area (Å²) in [5, 5.41) is 4.35. The van der Waals surface area contributed by atoms with Gasteiger partial charge in [0.15, 0.2) is 5.11 Å². The van der Waals surface area contributed by atoms with Gasteiger partial charge in [-0.05, 0) is 37.2 Å². The van der Waals surface area contributed by atoms with Crippen molar-refractivity contribution in [2.45, 2.75) is 19.4 Å². The van der Waals surface area contributed by atoms with Crippen LogP contribution < -0.4 is 5.32 Å². The molecule has 134 valence electrons. The van der Waals surface area contributed by atoms with Crippen LogP contribution in [-0.4, -0.2) is 51.4 Å². The molecule has 2 aromatic rings. The maximum atomic E-state index is 12.5. The van der Waals surface area contributed by atoms with Crippen LogP contribution in [0.2, 0.25) is 0 Å². The number of amides is 2. The number of para-hydroxylation sites is 1. The third-order valence-electron chi connectivity index (χ3n) is 4.96. The summed E-state index contributed by atoms with van der Waals surface area (Å²) in [5.41, 5.74) is 2.32. The molecule has 6 nitrogen and oxygen atoms in total. The molecule has 26 heavy (non-hydrogen) atoms. The molecule has 0 bridgehead atoms. The highest BCUT2D eigenvalue weighted by molar-refractivity contribution is 7.80. The van der Waals surface area contributed by atoms with E-state index < -0.39 is 0 Å². The standard InChI is InChI=1S/C19H20N4O2S/c1-21-18(25)15(20-19(21)26)10-13-11-23(16-7-3-2-6-14(13)16)12-17(24)22-8-4-5-9-22/h2-3,6-7,10-11H,4-5,8-9,12H2,1H3,(H,20,26)/b15-10-. The summed E-state index contributed by atoms with van der Waals surface area (Å²) < 4.78 is 1.96. The van der Waals surface area contributed by atoms with Crippen LogP contribution in [0.1, 0.15) is 18.4 Å². The number of thiocarbonyl (C=S) groups is 1. The number of nitrogens with zero attached hydrogens (tertiary/aromatic N) is 3. The number of aromatic nitrogens is 1. The van der Waals surface area contributed by atoms with Crippen LogP contribution in [-0.2, 0) is 16.1 Å². The summed E-state index contributed by atoms with van der Waals surface area (Å²) in [7, 11) is 1.65. The molecule has 0 spiro atoms. The third kappa shape index (κ3) is 2.88. The molecule has 2 amide bonds. The van der Waals surface area contributed by atoms with Gasteiger partial charge in [0.1, 0.15) is 12.2 Å². The SMILES string of the molecule is CN1C(=O)/C(=C/c2cn(CC(=O)N3CCCC3)c3ccccc23)NC1=S. The predicted molar refractivity (Wildman–Crippen MR) is 104 cm³/mol. The molecule has 1 aromatic carbocycles. The van der Waals surface area contributed by atoms with E-state index in [9.17, 15) is 9.59 Å². The van der Waals surface area contributed by atoms with Crippen LogP contribution in [0.3, 0.4) is 0 Å². The van der Waals surface area contributed by atoms with E-state index in [4.69, 9.17) is 12.2 Å². The van der Waals surface area contributed by atoms with Crippen molar-refractivity contribution in [3.05, 3.63) is 41.7 Å². The molecule has 4 rings (SSSR count). The lowest BCUT2D eigenvalue weighted by Gasteiger charge is -2.15. The van der Waals surface area contributed by atoms with Gasteiger partial charge < -0.3 is 14.8 Å². The van der Waals surface area contributed by atoms with Crippen LogP contribution in [0.25, 0.3) is 17.0 Å². The highest BCUT2D eigenvalue weighted by atomic mass is 32.1. The number of fused-ring (bicyclic) bond motifs is 1. The average Bonchev–Trinajstić information content (AvgIpc) is 3.34. The maximum absolute atomic E-state index is 12.5. The first-order valence-corrected chi connectivity index (χ1v) is 9.12. The predicted octanol–water partition coefficient (Wildman–Crippen LogP) is 1.95. The van der Waals surface area contributed by atoms with E-state index in [-0.39, 0.29) is 11.8 Å². The van der Waals surface area contributed by atoms with E-state index in [0.29, 0.717) is 17.4 Å². The second-order valence-electron chi connectivity index (χ2n) is 6.67. The second-order valence-corrected chi connectivity index (χ2v) is 7.06. The van der Waals surface area contributed by atoms with Crippen molar-refractivity contribution in [2.75, 3.05) is 20.1 Å². The summed E-state index contributed by atoms with van der Waals surface area (Å²) in [4.78, 5) is 28.1. The van der Waals surface area contributed by atoms with Crippen molar-refractivity contribution in [2.24, 2.45) is 0 Å². The van der Waals surface area contributed by atoms with Gasteiger partial charge in [-0.1, -0.05) is 18.2 Å². The first-order valence-electron chi connectivity index (χ1n) is 8.71. The molecule has 2 aliphatic heterocycles. The zero-order valence-corrected chi connectivity index (χ0v) is 15.4. The molecule has 0 unspecified atom stereocenters. The van der Waals surface area contributed by atoms with Gasteiger partial charge in [0.05, 0.1) is 0 Å². The monoisotopic (exact) mass is 368 g/mol. The fraction of sp³-hybridized carbons (Fsp3) is 0.316. The van der Waals surface area contributed by atoms with Crippen LogP contribution in [0.4, 0.5) is 0 Å². The van der Waals surface area contributed by atoms with Gasteiger partial charge in [-0.2, -0.15) is 0 Å². The van der Waals surface area contributed by atoms with Crippen molar-refractivity contribution < 1.29 is 9.59 Å². The van der Waals surface area contributed by atoms with Crippen molar-refractivity contribution >= 4 is 46.1 Å². The lowest BCUT2D eigenvalue weighted by molar-refractivity contribution is -0.130. The van der Waals surface area contributed by atoms with Gasteiger partial charge in [-0.15, -0.1) is 0 Å². The summed E-state index contributed by atoms with van der Waals surface area (Å²) in [6, 6.07) is 7.91. The van der Waals surface area contributed by atoms with E-state index in [0.717, 1.165) is 42.4 Å². The third-order valence-corrected chi connectivity index (χ3v) is 5.34. The second kappa shape index (κ2) is 6.57. The van der Waals surface area contributed by atoms with Gasteiger partial charge in [0.25, 0.3) is 5.91 Å². The van der Waals surface area contributed by atoms with Crippen LogP contribution in [0.15, 0.2) is 36.2 Å². The normalized spacial score (nSPS) is 19.0. The Morgan fingerprint density at radius 1 is 1.27 bits per heavy atom. The molecule has 1 aromatic heterocycles. The minimum atomic E-state index is -0.153. The Morgan fingerprint density at radius 3 is 2.69 bits per heavy atom. The van der Waals surface area contributed by atoms with Gasteiger partial charge in [-0.25, -0.2) is 0 Å². The molecule has 0 saturated carbocycles. The number of carbonyl (C=O) groups excluding carboxylic acids is 2. The Labute approximate surface area is 157 Å². The summed E-state index contributed by atoms with van der Waals surface area (Å²) in [6.45, 7) is 2.00. The Balaban J connectivity index is 1.69. The largest absolute Gasteiger partial charge is 0.341 e. The Kier molecular flexibility index (Phi) is 4.24. The molecule has 2 fully saturated rings. The fourth-order valence-corrected chi connectivity index (χ4v) is 3.70. The minimum Gasteiger partial charge on any atom is -0.341 e. The van der Waals surface area contributed by atoms with Crippen molar-refractivity contribution in [3.8, 4) is 0 Å². The molecule has 1 N–H and O–H groups in total. The zero-order valence-electron chi connectivity index (χ0n) is 14.6. The van der Waals surface area contributed by atoms with E-state index in [2.05, 4.69) is 5.32 Å². The average molecular weight is 368 g/mol. The highest BCUT2D eigenvalue weighted by Crippen LogP contribution is 2.25. The van der Waals surface area contributed by atoms with Crippen molar-refractivity contribution in [1.82, 2.24) is 19.7 Å². The highest BCUT2D eigenvalue weighted by Gasteiger charge is 2.27. The molecular formula is C19H20N4O2S. The molecule has 2 saturated heterocycles. The Bertz CT molecular complexity index is 940. The maximum Gasteiger partial charge on any atom is 0.276 e. The van der Waals surface area contributed by atoms with Crippen LogP contribution >= 0.6 is 12.2 Å². The number of hydrogen-bond acceptors (Lipinski definition) is 3. The lowest BCUT2D eigenvalue weighted by Crippen LogP contribution is -2.30. The summed E-state index contributed by atoms with van der Waals surface area (Å²) >= 11 is 5.13. The minimum absolute atomic E-state index is 0.137. The van der Waals surface area contributed by atoms with Crippen molar-refractivity contribution in [1.29, 1.82) is 0 Å². The van der Waals surface area contributed by atoms with Gasteiger partial charge in [-0.3, -0.25) is 14.5 Å². The number of likely N-dealkylation sites (tertiary alicyclic amines) is 1. The Hall–Kier alpha value is -2.67. The zero-order chi connectivity index (χ0) is 18.3.